The maximum absolute atomic E-state index is 6.05. The van der Waals surface area contributed by atoms with Gasteiger partial charge in [-0.15, -0.1) is 0 Å². The molecule has 1 aromatic heterocycles. The van der Waals surface area contributed by atoms with Crippen LogP contribution in [0.2, 0.25) is 0 Å². The lowest BCUT2D eigenvalue weighted by Crippen LogP contribution is -2.36. The van der Waals surface area contributed by atoms with Gasteiger partial charge in [0.2, 0.25) is 0 Å². The number of thiocarbonyl (C=S) groups is 1. The maximum atomic E-state index is 6.05. The van der Waals surface area contributed by atoms with Crippen molar-refractivity contribution >= 4 is 45.2 Å². The summed E-state index contributed by atoms with van der Waals surface area (Å²) in [6.07, 6.45) is 9.20. The number of hydrogen-bond acceptors (Lipinski definition) is 3. The van der Waals surface area contributed by atoms with Crippen molar-refractivity contribution in [1.82, 2.24) is 9.88 Å². The summed E-state index contributed by atoms with van der Waals surface area (Å²) in [4.78, 5) is 6.03. The normalized spacial score (nSPS) is 15.9. The summed E-state index contributed by atoms with van der Waals surface area (Å²) in [5.74, 6) is 0.806. The SMILES string of the molecule is CCCC(C)N1CC=C(c2c[nH]c3ccc(NC(=S)Nc4ccccc4OC(C)CC)cc23)CC1. The fourth-order valence-electron chi connectivity index (χ4n) is 4.65. The highest BCUT2D eigenvalue weighted by atomic mass is 32.1. The Bertz CT molecular complexity index is 1180. The van der Waals surface area contributed by atoms with E-state index in [2.05, 4.69) is 78.7 Å². The standard InChI is InChI=1S/C29H38N4OS/c1-5-9-20(3)33-16-14-22(15-17-33)25-19-30-26-13-12-23(18-24(25)26)31-29(35)32-27-10-7-8-11-28(27)34-21(4)6-2/h7-8,10-14,18-21,30H,5-6,9,15-17H2,1-4H3,(H2,31,32,35). The number of ether oxygens (including phenoxy) is 1. The van der Waals surface area contributed by atoms with Crippen molar-refractivity contribution in [3.8, 4) is 5.75 Å². The summed E-state index contributed by atoms with van der Waals surface area (Å²) in [5.41, 5.74) is 5.68. The van der Waals surface area contributed by atoms with Gasteiger partial charge >= 0.3 is 0 Å². The zero-order chi connectivity index (χ0) is 24.8. The van der Waals surface area contributed by atoms with Gasteiger partial charge in [-0.3, -0.25) is 4.90 Å². The van der Waals surface area contributed by atoms with Crippen LogP contribution in [0.15, 0.2) is 54.7 Å². The number of nitrogens with one attached hydrogen (secondary N) is 3. The van der Waals surface area contributed by atoms with Crippen molar-refractivity contribution in [3.63, 3.8) is 0 Å². The van der Waals surface area contributed by atoms with Crippen LogP contribution in [-0.4, -0.2) is 40.2 Å². The number of hydrogen-bond donors (Lipinski definition) is 3. The average molecular weight is 491 g/mol. The van der Waals surface area contributed by atoms with E-state index >= 15 is 0 Å². The zero-order valence-corrected chi connectivity index (χ0v) is 22.2. The third kappa shape index (κ3) is 6.24. The van der Waals surface area contributed by atoms with E-state index in [4.69, 9.17) is 17.0 Å². The summed E-state index contributed by atoms with van der Waals surface area (Å²) in [5, 5.41) is 8.42. The molecule has 1 aliphatic heterocycles. The Kier molecular flexibility index (Phi) is 8.47. The van der Waals surface area contributed by atoms with E-state index in [1.807, 2.05) is 24.3 Å². The quantitative estimate of drug-likeness (QED) is 0.272. The molecule has 0 saturated heterocycles. The number of nitrogens with zero attached hydrogens (tertiary/aromatic N) is 1. The third-order valence-corrected chi connectivity index (χ3v) is 7.10. The molecule has 2 heterocycles. The first-order valence-corrected chi connectivity index (χ1v) is 13.3. The van der Waals surface area contributed by atoms with Crippen LogP contribution in [0.4, 0.5) is 11.4 Å². The number of H-pyrrole nitrogens is 1. The molecule has 35 heavy (non-hydrogen) atoms. The minimum absolute atomic E-state index is 0.143. The Morgan fingerprint density at radius 2 is 1.97 bits per heavy atom. The second-order valence-electron chi connectivity index (χ2n) is 9.49. The van der Waals surface area contributed by atoms with Gasteiger partial charge in [-0.25, -0.2) is 0 Å². The van der Waals surface area contributed by atoms with Gasteiger partial charge in [-0.1, -0.05) is 38.5 Å². The minimum Gasteiger partial charge on any atom is -0.489 e. The molecule has 186 valence electrons. The fraction of sp³-hybridized carbons (Fsp3) is 0.414. The average Bonchev–Trinajstić information content (AvgIpc) is 3.28. The molecule has 2 unspecified atom stereocenters. The number of rotatable bonds is 9. The molecule has 0 amide bonds. The number of fused-ring (bicyclic) bond motifs is 1. The Labute approximate surface area is 214 Å². The van der Waals surface area contributed by atoms with Crippen LogP contribution in [0.25, 0.3) is 16.5 Å². The molecule has 2 atom stereocenters. The number of aromatic nitrogens is 1. The molecule has 6 heteroatoms. The number of benzene rings is 2. The molecule has 0 bridgehead atoms. The molecule has 0 spiro atoms. The van der Waals surface area contributed by atoms with Crippen molar-refractivity contribution in [2.75, 3.05) is 23.7 Å². The lowest BCUT2D eigenvalue weighted by molar-refractivity contribution is 0.218. The van der Waals surface area contributed by atoms with Crippen LogP contribution < -0.4 is 15.4 Å². The summed E-state index contributed by atoms with van der Waals surface area (Å²) in [6, 6.07) is 14.9. The Balaban J connectivity index is 1.47. The van der Waals surface area contributed by atoms with Crippen LogP contribution in [0.1, 0.15) is 58.9 Å². The smallest absolute Gasteiger partial charge is 0.175 e. The highest BCUT2D eigenvalue weighted by Gasteiger charge is 2.19. The second kappa shape index (κ2) is 11.7. The molecule has 4 rings (SSSR count). The molecular weight excluding hydrogens is 452 g/mol. The van der Waals surface area contributed by atoms with E-state index < -0.39 is 0 Å². The van der Waals surface area contributed by atoms with Crippen LogP contribution >= 0.6 is 12.2 Å². The van der Waals surface area contributed by atoms with Crippen molar-refractivity contribution in [3.05, 3.63) is 60.3 Å². The highest BCUT2D eigenvalue weighted by Crippen LogP contribution is 2.32. The topological polar surface area (TPSA) is 52.3 Å². The van der Waals surface area contributed by atoms with Gasteiger partial charge in [0.1, 0.15) is 5.75 Å². The Morgan fingerprint density at radius 3 is 2.71 bits per heavy atom. The molecule has 0 fully saturated rings. The monoisotopic (exact) mass is 490 g/mol. The van der Waals surface area contributed by atoms with E-state index in [9.17, 15) is 0 Å². The van der Waals surface area contributed by atoms with Crippen LogP contribution in [0, 0.1) is 0 Å². The van der Waals surface area contributed by atoms with Crippen LogP contribution in [0.5, 0.6) is 5.75 Å². The fourth-order valence-corrected chi connectivity index (χ4v) is 4.88. The molecule has 0 aliphatic carbocycles. The lowest BCUT2D eigenvalue weighted by atomic mass is 9.97. The van der Waals surface area contributed by atoms with Gasteiger partial charge in [-0.2, -0.15) is 0 Å². The maximum Gasteiger partial charge on any atom is 0.175 e. The van der Waals surface area contributed by atoms with Gasteiger partial charge in [0.15, 0.2) is 5.11 Å². The Morgan fingerprint density at radius 1 is 1.14 bits per heavy atom. The van der Waals surface area contributed by atoms with E-state index in [1.54, 1.807) is 0 Å². The zero-order valence-electron chi connectivity index (χ0n) is 21.4. The predicted molar refractivity (Wildman–Crippen MR) is 154 cm³/mol. The van der Waals surface area contributed by atoms with Gasteiger partial charge in [-0.05, 0) is 81.2 Å². The van der Waals surface area contributed by atoms with Gasteiger partial charge in [0.05, 0.1) is 11.8 Å². The highest BCUT2D eigenvalue weighted by molar-refractivity contribution is 7.80. The molecule has 0 saturated carbocycles. The Hall–Kier alpha value is -2.83. The van der Waals surface area contributed by atoms with Crippen molar-refractivity contribution < 1.29 is 4.74 Å². The second-order valence-corrected chi connectivity index (χ2v) is 9.89. The molecule has 3 aromatic rings. The van der Waals surface area contributed by atoms with E-state index in [-0.39, 0.29) is 6.10 Å². The predicted octanol–water partition coefficient (Wildman–Crippen LogP) is 7.43. The van der Waals surface area contributed by atoms with Crippen molar-refractivity contribution in [1.29, 1.82) is 0 Å². The number of para-hydroxylation sites is 2. The first kappa shape index (κ1) is 25.3. The summed E-state index contributed by atoms with van der Waals surface area (Å²) < 4.78 is 6.05. The summed E-state index contributed by atoms with van der Waals surface area (Å²) >= 11 is 5.64. The number of aromatic amines is 1. The van der Waals surface area contributed by atoms with Crippen molar-refractivity contribution in [2.24, 2.45) is 0 Å². The molecule has 5 nitrogen and oxygen atoms in total. The van der Waals surface area contributed by atoms with E-state index in [0.29, 0.717) is 11.2 Å². The summed E-state index contributed by atoms with van der Waals surface area (Å²) in [7, 11) is 0. The van der Waals surface area contributed by atoms with E-state index in [1.165, 1.54) is 29.4 Å². The van der Waals surface area contributed by atoms with Crippen LogP contribution in [0.3, 0.4) is 0 Å². The number of anilines is 2. The first-order valence-electron chi connectivity index (χ1n) is 12.9. The van der Waals surface area contributed by atoms with Crippen molar-refractivity contribution in [2.45, 2.75) is 65.5 Å². The minimum atomic E-state index is 0.143. The van der Waals surface area contributed by atoms with E-state index in [0.717, 1.165) is 48.6 Å². The molecule has 2 aromatic carbocycles. The van der Waals surface area contributed by atoms with Gasteiger partial charge < -0.3 is 20.4 Å². The largest absolute Gasteiger partial charge is 0.489 e. The molecule has 0 radical (unpaired) electrons. The molecule has 3 N–H and O–H groups in total. The van der Waals surface area contributed by atoms with Crippen LogP contribution in [-0.2, 0) is 0 Å². The molecule has 1 aliphatic rings. The molecular formula is C29H38N4OS. The van der Waals surface area contributed by atoms with Gasteiger partial charge in [0.25, 0.3) is 0 Å². The lowest BCUT2D eigenvalue weighted by Gasteiger charge is -2.31. The third-order valence-electron chi connectivity index (χ3n) is 6.89. The summed E-state index contributed by atoms with van der Waals surface area (Å²) in [6.45, 7) is 10.9. The van der Waals surface area contributed by atoms with Gasteiger partial charge in [0, 0.05) is 47.5 Å². The first-order chi connectivity index (χ1) is 17.0.